The first-order chi connectivity index (χ1) is 13.3. The normalized spacial score (nSPS) is 34.8. The van der Waals surface area contributed by atoms with Gasteiger partial charge in [0.05, 0.1) is 11.0 Å². The van der Waals surface area contributed by atoms with Crippen LogP contribution in [0.25, 0.3) is 0 Å². The Morgan fingerprint density at radius 3 is 2.25 bits per heavy atom. The zero-order valence-electron chi connectivity index (χ0n) is 16.8. The van der Waals surface area contributed by atoms with Crippen LogP contribution >= 0.6 is 0 Å². The molecule has 4 fully saturated rings. The number of hydrogen-bond donors (Lipinski definition) is 2. The topological polar surface area (TPSA) is 69.6 Å². The molecule has 150 valence electrons. The summed E-state index contributed by atoms with van der Waals surface area (Å²) in [6, 6.07) is 5.55. The molecule has 1 heterocycles. The van der Waals surface area contributed by atoms with Gasteiger partial charge in [-0.1, -0.05) is 6.07 Å². The van der Waals surface area contributed by atoms with Crippen molar-refractivity contribution in [2.45, 2.75) is 64.3 Å². The van der Waals surface area contributed by atoms with E-state index in [1.165, 1.54) is 19.3 Å². The molecule has 5 nitrogen and oxygen atoms in total. The lowest BCUT2D eigenvalue weighted by Crippen LogP contribution is -2.59. The van der Waals surface area contributed by atoms with Crippen LogP contribution in [-0.2, 0) is 16.8 Å². The van der Waals surface area contributed by atoms with Crippen LogP contribution in [0.15, 0.2) is 18.2 Å². The lowest BCUT2D eigenvalue weighted by Gasteiger charge is -2.58. The predicted molar refractivity (Wildman–Crippen MR) is 105 cm³/mol. The maximum Gasteiger partial charge on any atom is 0.274 e. The van der Waals surface area contributed by atoms with Crippen molar-refractivity contribution in [3.05, 3.63) is 34.9 Å². The van der Waals surface area contributed by atoms with Crippen LogP contribution in [0.4, 0.5) is 0 Å². The molecule has 4 bridgehead atoms. The fourth-order valence-corrected chi connectivity index (χ4v) is 7.27. The van der Waals surface area contributed by atoms with Crippen LogP contribution in [0.2, 0.25) is 0 Å². The van der Waals surface area contributed by atoms with Crippen molar-refractivity contribution in [2.24, 2.45) is 23.2 Å². The second-order valence-electron chi connectivity index (χ2n) is 10.3. The molecule has 1 aliphatic heterocycles. The van der Waals surface area contributed by atoms with E-state index in [1.54, 1.807) is 11.5 Å². The lowest BCUT2D eigenvalue weighted by atomic mass is 9.49. The number of amides is 2. The summed E-state index contributed by atoms with van der Waals surface area (Å²) in [4.78, 5) is 27.8. The molecular weight excluding hydrogens is 352 g/mol. The van der Waals surface area contributed by atoms with Crippen LogP contribution in [0.3, 0.4) is 0 Å². The van der Waals surface area contributed by atoms with Gasteiger partial charge in [-0.2, -0.15) is 0 Å². The highest BCUT2D eigenvalue weighted by atomic mass is 16.5. The highest BCUT2D eigenvalue weighted by Crippen LogP contribution is 2.61. The van der Waals surface area contributed by atoms with Crippen molar-refractivity contribution in [1.29, 1.82) is 0 Å². The molecule has 1 aromatic carbocycles. The van der Waals surface area contributed by atoms with Gasteiger partial charge in [-0.3, -0.25) is 14.8 Å². The second-order valence-corrected chi connectivity index (χ2v) is 10.3. The van der Waals surface area contributed by atoms with Crippen LogP contribution in [0.5, 0.6) is 0 Å². The van der Waals surface area contributed by atoms with Crippen molar-refractivity contribution in [3.8, 4) is 0 Å². The highest BCUT2D eigenvalue weighted by Gasteiger charge is 2.57. The van der Waals surface area contributed by atoms with Gasteiger partial charge in [0.25, 0.3) is 5.91 Å². The van der Waals surface area contributed by atoms with E-state index in [9.17, 15) is 9.59 Å². The molecule has 4 saturated carbocycles. The van der Waals surface area contributed by atoms with Gasteiger partial charge in [-0.15, -0.1) is 0 Å². The molecule has 28 heavy (non-hydrogen) atoms. The van der Waals surface area contributed by atoms with Crippen molar-refractivity contribution in [2.75, 3.05) is 6.54 Å². The summed E-state index contributed by atoms with van der Waals surface area (Å²) in [6.45, 7) is 4.97. The molecule has 0 spiro atoms. The molecule has 1 aromatic rings. The van der Waals surface area contributed by atoms with Crippen LogP contribution in [-0.4, -0.2) is 28.5 Å². The summed E-state index contributed by atoms with van der Waals surface area (Å²) in [5.74, 6) is 2.16. The predicted octanol–water partition coefficient (Wildman–Crippen LogP) is 3.64. The summed E-state index contributed by atoms with van der Waals surface area (Å²) in [6.07, 6.45) is 8.05. The van der Waals surface area contributed by atoms with Gasteiger partial charge in [0.2, 0.25) is 5.91 Å². The Kier molecular flexibility index (Phi) is 3.93. The third-order valence-electron chi connectivity index (χ3n) is 8.14. The number of rotatable bonds is 2. The maximum atomic E-state index is 13.9. The number of fused-ring (bicyclic) bond motifs is 1. The van der Waals surface area contributed by atoms with E-state index in [0.29, 0.717) is 18.0 Å². The van der Waals surface area contributed by atoms with E-state index >= 15 is 0 Å². The summed E-state index contributed by atoms with van der Waals surface area (Å²) in [7, 11) is 0. The minimum absolute atomic E-state index is 0.125. The SMILES string of the molecule is CC1(C)c2ccc(C(=O)NO)cc2CCN1C(=O)C12CC3CC(CC(C3)C1)C2. The number of hydroxylamine groups is 1. The molecule has 2 amide bonds. The van der Waals surface area contributed by atoms with Crippen molar-refractivity contribution in [1.82, 2.24) is 10.4 Å². The summed E-state index contributed by atoms with van der Waals surface area (Å²) in [5.41, 5.74) is 3.87. The lowest BCUT2D eigenvalue weighted by molar-refractivity contribution is -0.164. The molecule has 0 saturated heterocycles. The van der Waals surface area contributed by atoms with E-state index in [2.05, 4.69) is 18.7 Å². The van der Waals surface area contributed by atoms with E-state index in [1.807, 2.05) is 12.1 Å². The Bertz CT molecular complexity index is 809. The Morgan fingerprint density at radius 2 is 1.68 bits per heavy atom. The van der Waals surface area contributed by atoms with Crippen molar-refractivity contribution < 1.29 is 14.8 Å². The van der Waals surface area contributed by atoms with Crippen LogP contribution in [0.1, 0.15) is 73.9 Å². The van der Waals surface area contributed by atoms with Crippen LogP contribution < -0.4 is 5.48 Å². The quantitative estimate of drug-likeness (QED) is 0.606. The summed E-state index contributed by atoms with van der Waals surface area (Å²) >= 11 is 0. The first kappa shape index (κ1) is 18.2. The molecule has 0 aromatic heterocycles. The first-order valence-corrected chi connectivity index (χ1v) is 10.7. The van der Waals surface area contributed by atoms with Gasteiger partial charge >= 0.3 is 0 Å². The third-order valence-corrected chi connectivity index (χ3v) is 8.14. The standard InChI is InChI=1S/C23H30N2O3/c1-22(2)19-4-3-18(20(26)24-28)10-17(19)5-6-25(22)21(27)23-11-14-7-15(12-23)9-16(8-14)13-23/h3-4,10,14-16,28H,5-9,11-13H2,1-2H3,(H,24,26). The number of nitrogens with zero attached hydrogens (tertiary/aromatic N) is 1. The molecule has 2 N–H and O–H groups in total. The zero-order chi connectivity index (χ0) is 19.7. The maximum absolute atomic E-state index is 13.9. The van der Waals surface area contributed by atoms with Crippen molar-refractivity contribution >= 4 is 11.8 Å². The number of carbonyl (C=O) groups excluding carboxylic acids is 2. The molecular formula is C23H30N2O3. The van der Waals surface area contributed by atoms with Gasteiger partial charge < -0.3 is 4.90 Å². The van der Waals surface area contributed by atoms with E-state index in [4.69, 9.17) is 5.21 Å². The fourth-order valence-electron chi connectivity index (χ4n) is 7.27. The Hall–Kier alpha value is -1.88. The molecule has 5 aliphatic rings. The van der Waals surface area contributed by atoms with Crippen LogP contribution in [0, 0.1) is 23.2 Å². The van der Waals surface area contributed by atoms with Gasteiger partial charge in [0, 0.05) is 12.1 Å². The van der Waals surface area contributed by atoms with Gasteiger partial charge in [0.1, 0.15) is 0 Å². The van der Waals surface area contributed by atoms with Gasteiger partial charge in [-0.25, -0.2) is 5.48 Å². The summed E-state index contributed by atoms with van der Waals surface area (Å²) in [5, 5.41) is 8.91. The largest absolute Gasteiger partial charge is 0.333 e. The fraction of sp³-hybridized carbons (Fsp3) is 0.652. The molecule has 0 radical (unpaired) electrons. The zero-order valence-corrected chi connectivity index (χ0v) is 16.8. The molecule has 5 heteroatoms. The molecule has 0 unspecified atom stereocenters. The van der Waals surface area contributed by atoms with Crippen molar-refractivity contribution in [3.63, 3.8) is 0 Å². The smallest absolute Gasteiger partial charge is 0.274 e. The number of hydrogen-bond acceptors (Lipinski definition) is 3. The Morgan fingerprint density at radius 1 is 1.07 bits per heavy atom. The van der Waals surface area contributed by atoms with E-state index < -0.39 is 5.91 Å². The van der Waals surface area contributed by atoms with Gasteiger partial charge in [0.15, 0.2) is 0 Å². The Labute approximate surface area is 166 Å². The number of benzene rings is 1. The van der Waals surface area contributed by atoms with E-state index in [-0.39, 0.29) is 11.0 Å². The minimum atomic E-state index is -0.493. The number of nitrogens with one attached hydrogen (secondary N) is 1. The van der Waals surface area contributed by atoms with Gasteiger partial charge in [-0.05, 0) is 99.8 Å². The molecule has 6 rings (SSSR count). The Balaban J connectivity index is 1.46. The average Bonchev–Trinajstić information content (AvgIpc) is 2.65. The molecule has 0 atom stereocenters. The minimum Gasteiger partial charge on any atom is -0.333 e. The average molecular weight is 383 g/mol. The highest BCUT2D eigenvalue weighted by molar-refractivity contribution is 5.93. The monoisotopic (exact) mass is 382 g/mol. The molecule has 4 aliphatic carbocycles. The number of carbonyl (C=O) groups is 2. The third kappa shape index (κ3) is 2.55. The summed E-state index contributed by atoms with van der Waals surface area (Å²) < 4.78 is 0. The second kappa shape index (κ2) is 6.06. The van der Waals surface area contributed by atoms with E-state index in [0.717, 1.165) is 54.6 Å². The first-order valence-electron chi connectivity index (χ1n) is 10.7.